The van der Waals surface area contributed by atoms with Crippen LogP contribution in [-0.2, 0) is 23.7 Å². The lowest BCUT2D eigenvalue weighted by atomic mass is 9.66. The minimum absolute atomic E-state index is 0.0272. The summed E-state index contributed by atoms with van der Waals surface area (Å²) in [5.74, 6) is -1.06. The minimum atomic E-state index is -1.06. The molecule has 0 saturated heterocycles. The molecule has 188 valence electrons. The van der Waals surface area contributed by atoms with Crippen LogP contribution in [0.4, 0.5) is 0 Å². The first-order valence-corrected chi connectivity index (χ1v) is 11.6. The minimum Gasteiger partial charge on any atom is -0.382 e. The molecule has 0 rings (SSSR count). The molecular weight excluding hydrogens is 392 g/mol. The first-order chi connectivity index (χ1) is 13.6. The highest BCUT2D eigenvalue weighted by Gasteiger charge is 2.47. The average molecular weight is 447 g/mol. The molecule has 0 N–H and O–H groups in total. The maximum absolute atomic E-state index is 6.78. The molecule has 31 heavy (non-hydrogen) atoms. The van der Waals surface area contributed by atoms with Crippen LogP contribution in [0, 0.1) is 16.2 Å². The lowest BCUT2D eigenvalue weighted by Crippen LogP contribution is -2.57. The summed E-state index contributed by atoms with van der Waals surface area (Å²) in [6.07, 6.45) is 0.652. The van der Waals surface area contributed by atoms with Crippen LogP contribution in [0.3, 0.4) is 0 Å². The average Bonchev–Trinajstić information content (AvgIpc) is 2.50. The van der Waals surface area contributed by atoms with E-state index in [1.54, 1.807) is 14.2 Å². The first kappa shape index (κ1) is 30.8. The third kappa shape index (κ3) is 10.1. The van der Waals surface area contributed by atoms with E-state index < -0.39 is 11.4 Å². The lowest BCUT2D eigenvalue weighted by molar-refractivity contribution is -0.353. The zero-order chi connectivity index (χ0) is 24.9. The van der Waals surface area contributed by atoms with Crippen LogP contribution in [0.5, 0.6) is 0 Å². The molecule has 0 aromatic rings. The molecule has 0 aromatic carbocycles. The van der Waals surface area contributed by atoms with Gasteiger partial charge in [0.25, 0.3) is 0 Å². The molecule has 0 heterocycles. The van der Waals surface area contributed by atoms with E-state index in [0.717, 1.165) is 6.42 Å². The van der Waals surface area contributed by atoms with Crippen molar-refractivity contribution < 1.29 is 23.7 Å². The Kier molecular flexibility index (Phi) is 10.7. The monoisotopic (exact) mass is 446 g/mol. The number of ether oxygens (including phenoxy) is 5. The van der Waals surface area contributed by atoms with Gasteiger partial charge in [0.2, 0.25) is 5.79 Å². The molecule has 0 aliphatic carbocycles. The normalized spacial score (nSPS) is 17.5. The summed E-state index contributed by atoms with van der Waals surface area (Å²) in [7, 11) is 3.39. The van der Waals surface area contributed by atoms with Gasteiger partial charge in [0.15, 0.2) is 0 Å². The number of rotatable bonds is 12. The summed E-state index contributed by atoms with van der Waals surface area (Å²) in [6, 6.07) is 0. The van der Waals surface area contributed by atoms with Crippen LogP contribution < -0.4 is 0 Å². The summed E-state index contributed by atoms with van der Waals surface area (Å²) in [5, 5.41) is 0. The van der Waals surface area contributed by atoms with Crippen LogP contribution in [0.15, 0.2) is 0 Å². The molecule has 5 heteroatoms. The molecule has 0 spiro atoms. The van der Waals surface area contributed by atoms with Crippen LogP contribution >= 0.6 is 0 Å². The van der Waals surface area contributed by atoms with Crippen molar-refractivity contribution in [3.05, 3.63) is 0 Å². The van der Waals surface area contributed by atoms with Crippen molar-refractivity contribution in [3.63, 3.8) is 0 Å². The third-order valence-electron chi connectivity index (χ3n) is 6.84. The summed E-state index contributed by atoms with van der Waals surface area (Å²) >= 11 is 0. The third-order valence-corrected chi connectivity index (χ3v) is 6.84. The van der Waals surface area contributed by atoms with E-state index >= 15 is 0 Å². The molecule has 0 aliphatic heterocycles. The topological polar surface area (TPSA) is 46.2 Å². The Morgan fingerprint density at radius 3 is 1.52 bits per heavy atom. The molecule has 0 aliphatic rings. The van der Waals surface area contributed by atoms with Crippen molar-refractivity contribution in [1.82, 2.24) is 0 Å². The number of methoxy groups -OCH3 is 2. The summed E-state index contributed by atoms with van der Waals surface area (Å²) < 4.78 is 31.0. The largest absolute Gasteiger partial charge is 0.382 e. The molecule has 0 aromatic heterocycles. The molecular formula is C26H54O5. The van der Waals surface area contributed by atoms with E-state index in [-0.39, 0.29) is 41.2 Å². The van der Waals surface area contributed by atoms with Gasteiger partial charge in [-0.05, 0) is 57.3 Å². The van der Waals surface area contributed by atoms with Crippen LogP contribution in [0.25, 0.3) is 0 Å². The van der Waals surface area contributed by atoms with Gasteiger partial charge in [0, 0.05) is 14.2 Å². The second-order valence-corrected chi connectivity index (χ2v) is 13.1. The maximum Gasteiger partial charge on any atom is 0.216 e. The Hall–Kier alpha value is -0.200. The lowest BCUT2D eigenvalue weighted by Gasteiger charge is -2.49. The van der Waals surface area contributed by atoms with E-state index in [1.165, 1.54) is 0 Å². The standard InChI is InChI=1S/C26H54O5/c1-21(2,3)24(10,11)16-20(17-27-14)30-26(18-28-15,19-29-23(7,8)9)31-25(12,13)22(4,5)6/h20H,16-19H2,1-15H3. The Morgan fingerprint density at radius 1 is 0.645 bits per heavy atom. The zero-order valence-electron chi connectivity index (χ0n) is 23.4. The van der Waals surface area contributed by atoms with E-state index in [4.69, 9.17) is 23.7 Å². The van der Waals surface area contributed by atoms with Crippen LogP contribution in [-0.4, -0.2) is 57.1 Å². The Labute approximate surface area is 193 Å². The van der Waals surface area contributed by atoms with Gasteiger partial charge in [-0.25, -0.2) is 0 Å². The maximum atomic E-state index is 6.78. The van der Waals surface area contributed by atoms with E-state index in [0.29, 0.717) is 6.61 Å². The molecule has 0 saturated carbocycles. The van der Waals surface area contributed by atoms with Crippen LogP contribution in [0.1, 0.15) is 96.4 Å². The predicted octanol–water partition coefficient (Wildman–Crippen LogP) is 6.48. The Bertz CT molecular complexity index is 519. The highest BCUT2D eigenvalue weighted by Crippen LogP contribution is 2.44. The Balaban J connectivity index is 6.15. The van der Waals surface area contributed by atoms with Crippen molar-refractivity contribution in [2.24, 2.45) is 16.2 Å². The molecule has 2 atom stereocenters. The second-order valence-electron chi connectivity index (χ2n) is 13.1. The van der Waals surface area contributed by atoms with Gasteiger partial charge in [-0.3, -0.25) is 0 Å². The van der Waals surface area contributed by atoms with E-state index in [1.807, 2.05) is 20.8 Å². The van der Waals surface area contributed by atoms with Gasteiger partial charge in [-0.15, -0.1) is 0 Å². The van der Waals surface area contributed by atoms with E-state index in [9.17, 15) is 0 Å². The van der Waals surface area contributed by atoms with Gasteiger partial charge < -0.3 is 23.7 Å². The van der Waals surface area contributed by atoms with Gasteiger partial charge in [0.05, 0.1) is 23.9 Å². The van der Waals surface area contributed by atoms with Gasteiger partial charge in [-0.1, -0.05) is 55.4 Å². The fourth-order valence-electron chi connectivity index (χ4n) is 2.86. The number of hydrogen-bond donors (Lipinski definition) is 0. The van der Waals surface area contributed by atoms with Crippen molar-refractivity contribution >= 4 is 0 Å². The zero-order valence-corrected chi connectivity index (χ0v) is 23.4. The molecule has 0 fully saturated rings. The first-order valence-electron chi connectivity index (χ1n) is 11.6. The highest BCUT2D eigenvalue weighted by molar-refractivity contribution is 4.90. The van der Waals surface area contributed by atoms with Gasteiger partial charge >= 0.3 is 0 Å². The van der Waals surface area contributed by atoms with Crippen molar-refractivity contribution in [1.29, 1.82) is 0 Å². The van der Waals surface area contributed by atoms with Crippen molar-refractivity contribution in [2.45, 2.75) is 120 Å². The van der Waals surface area contributed by atoms with Crippen LogP contribution in [0.2, 0.25) is 0 Å². The molecule has 0 amide bonds. The van der Waals surface area contributed by atoms with Crippen molar-refractivity contribution in [3.8, 4) is 0 Å². The summed E-state index contributed by atoms with van der Waals surface area (Å²) in [6.45, 7) is 29.2. The SMILES string of the molecule is COCC(CC(C)(C)C(C)(C)C)OC(COC)(COC(C)(C)C)OC(C)(C)C(C)(C)C. The highest BCUT2D eigenvalue weighted by atomic mass is 16.7. The number of hydrogen-bond acceptors (Lipinski definition) is 5. The smallest absolute Gasteiger partial charge is 0.216 e. The predicted molar refractivity (Wildman–Crippen MR) is 130 cm³/mol. The molecule has 5 nitrogen and oxygen atoms in total. The quantitative estimate of drug-likeness (QED) is 0.321. The van der Waals surface area contributed by atoms with Gasteiger partial charge in [-0.2, -0.15) is 0 Å². The fraction of sp³-hybridized carbons (Fsp3) is 1.00. The fourth-order valence-corrected chi connectivity index (χ4v) is 2.86. The summed E-state index contributed by atoms with van der Waals surface area (Å²) in [5.41, 5.74) is -0.791. The van der Waals surface area contributed by atoms with Gasteiger partial charge in [0.1, 0.15) is 13.2 Å². The second kappa shape index (κ2) is 10.8. The van der Waals surface area contributed by atoms with E-state index in [2.05, 4.69) is 69.2 Å². The Morgan fingerprint density at radius 2 is 1.16 bits per heavy atom. The van der Waals surface area contributed by atoms with Crippen molar-refractivity contribution in [2.75, 3.05) is 34.0 Å². The molecule has 0 radical (unpaired) electrons. The molecule has 0 bridgehead atoms. The summed E-state index contributed by atoms with van der Waals surface area (Å²) in [4.78, 5) is 0. The molecule has 2 unspecified atom stereocenters.